The molecule has 1 aromatic rings. The maximum absolute atomic E-state index is 10.9. The van der Waals surface area contributed by atoms with Crippen LogP contribution in [0, 0.1) is 0 Å². The average molecular weight is 222 g/mol. The largest absolute Gasteiger partial charge is 0.478 e. The normalized spacial score (nSPS) is 10.1. The van der Waals surface area contributed by atoms with Gasteiger partial charge in [0, 0.05) is 0 Å². The number of hydrogen-bond acceptors (Lipinski definition) is 2. The molecule has 0 fully saturated rings. The Kier molecular flexibility index (Phi) is 4.05. The summed E-state index contributed by atoms with van der Waals surface area (Å²) < 4.78 is 0. The van der Waals surface area contributed by atoms with E-state index >= 15 is 0 Å². The second-order valence-corrected chi connectivity index (χ2v) is 3.59. The number of carboxylic acids is 2. The highest BCUT2D eigenvalue weighted by molar-refractivity contribution is 6.01. The molecule has 4 heteroatoms. The summed E-state index contributed by atoms with van der Waals surface area (Å²) in [6, 6.07) is 4.48. The van der Waals surface area contributed by atoms with Crippen LogP contribution in [0.2, 0.25) is 0 Å². The summed E-state index contributed by atoms with van der Waals surface area (Å²) in [5.41, 5.74) is 0.568. The molecule has 0 aliphatic heterocycles. The lowest BCUT2D eigenvalue weighted by Gasteiger charge is -2.05. The van der Waals surface area contributed by atoms with E-state index in [0.717, 1.165) is 24.8 Å². The first-order valence-corrected chi connectivity index (χ1v) is 5.15. The molecule has 4 nitrogen and oxygen atoms in total. The minimum absolute atomic E-state index is 0.138. The fraction of sp³-hybridized carbons (Fsp3) is 0.333. The number of carboxylic acid groups (broad SMARTS) is 2. The van der Waals surface area contributed by atoms with Gasteiger partial charge in [-0.25, -0.2) is 9.59 Å². The van der Waals surface area contributed by atoms with E-state index in [9.17, 15) is 9.59 Å². The highest BCUT2D eigenvalue weighted by Crippen LogP contribution is 2.14. The molecule has 0 bridgehead atoms. The van der Waals surface area contributed by atoms with E-state index in [1.807, 2.05) is 6.92 Å². The van der Waals surface area contributed by atoms with E-state index in [1.54, 1.807) is 6.07 Å². The van der Waals surface area contributed by atoms with Crippen molar-refractivity contribution in [3.63, 3.8) is 0 Å². The number of aryl methyl sites for hydroxylation is 1. The van der Waals surface area contributed by atoms with E-state index in [1.165, 1.54) is 12.1 Å². The van der Waals surface area contributed by atoms with Gasteiger partial charge in [-0.3, -0.25) is 0 Å². The van der Waals surface area contributed by atoms with Crippen molar-refractivity contribution in [2.24, 2.45) is 0 Å². The van der Waals surface area contributed by atoms with Crippen LogP contribution in [0.15, 0.2) is 18.2 Å². The zero-order chi connectivity index (χ0) is 12.1. The van der Waals surface area contributed by atoms with E-state index in [2.05, 4.69) is 0 Å². The van der Waals surface area contributed by atoms with Crippen LogP contribution in [0.25, 0.3) is 0 Å². The van der Waals surface area contributed by atoms with Crippen molar-refractivity contribution in [3.05, 3.63) is 34.9 Å². The van der Waals surface area contributed by atoms with Crippen molar-refractivity contribution in [3.8, 4) is 0 Å². The lowest BCUT2D eigenvalue weighted by molar-refractivity contribution is 0.0651. The van der Waals surface area contributed by atoms with Gasteiger partial charge in [-0.05, 0) is 30.5 Å². The molecule has 0 atom stereocenters. The Morgan fingerprint density at radius 1 is 1.12 bits per heavy atom. The van der Waals surface area contributed by atoms with Gasteiger partial charge in [0.1, 0.15) is 0 Å². The van der Waals surface area contributed by atoms with Crippen LogP contribution in [0.5, 0.6) is 0 Å². The Labute approximate surface area is 93.5 Å². The first-order valence-electron chi connectivity index (χ1n) is 5.15. The molecule has 1 rings (SSSR count). The minimum Gasteiger partial charge on any atom is -0.478 e. The van der Waals surface area contributed by atoms with Crippen LogP contribution in [0.4, 0.5) is 0 Å². The quantitative estimate of drug-likeness (QED) is 0.802. The van der Waals surface area contributed by atoms with Crippen LogP contribution >= 0.6 is 0 Å². The van der Waals surface area contributed by atoms with Gasteiger partial charge < -0.3 is 10.2 Å². The van der Waals surface area contributed by atoms with Crippen molar-refractivity contribution < 1.29 is 19.8 Å². The van der Waals surface area contributed by atoms with Gasteiger partial charge in [-0.2, -0.15) is 0 Å². The number of unbranched alkanes of at least 4 members (excludes halogenated alkanes) is 1. The summed E-state index contributed by atoms with van der Waals surface area (Å²) in [6.45, 7) is 2.05. The van der Waals surface area contributed by atoms with Gasteiger partial charge >= 0.3 is 11.9 Å². The molecule has 0 heterocycles. The maximum Gasteiger partial charge on any atom is 0.336 e. The third-order valence-electron chi connectivity index (χ3n) is 2.36. The number of hydrogen-bond donors (Lipinski definition) is 2. The highest BCUT2D eigenvalue weighted by atomic mass is 16.4. The third-order valence-corrected chi connectivity index (χ3v) is 2.36. The fourth-order valence-electron chi connectivity index (χ4n) is 1.49. The van der Waals surface area contributed by atoms with E-state index < -0.39 is 11.9 Å². The zero-order valence-corrected chi connectivity index (χ0v) is 9.06. The van der Waals surface area contributed by atoms with Crippen molar-refractivity contribution in [2.45, 2.75) is 26.2 Å². The van der Waals surface area contributed by atoms with Crippen molar-refractivity contribution in [2.75, 3.05) is 0 Å². The van der Waals surface area contributed by atoms with Crippen LogP contribution in [0.3, 0.4) is 0 Å². The molecule has 0 spiro atoms. The smallest absolute Gasteiger partial charge is 0.336 e. The molecule has 0 saturated heterocycles. The Hall–Kier alpha value is -1.84. The molecule has 0 aromatic heterocycles. The Morgan fingerprint density at radius 3 is 2.25 bits per heavy atom. The molecular weight excluding hydrogens is 208 g/mol. The molecule has 0 saturated carbocycles. The molecule has 0 amide bonds. The summed E-state index contributed by atoms with van der Waals surface area (Å²) in [5, 5.41) is 17.7. The monoisotopic (exact) mass is 222 g/mol. The molecule has 0 radical (unpaired) electrons. The first-order chi connectivity index (χ1) is 7.56. The van der Waals surface area contributed by atoms with Crippen LogP contribution in [0.1, 0.15) is 46.0 Å². The molecular formula is C12H14O4. The van der Waals surface area contributed by atoms with Gasteiger partial charge in [-0.15, -0.1) is 0 Å². The lowest BCUT2D eigenvalue weighted by atomic mass is 10.0. The van der Waals surface area contributed by atoms with Crippen LogP contribution < -0.4 is 0 Å². The first kappa shape index (κ1) is 12.2. The Morgan fingerprint density at radius 2 is 1.75 bits per heavy atom. The highest BCUT2D eigenvalue weighted by Gasteiger charge is 2.15. The predicted molar refractivity (Wildman–Crippen MR) is 59.0 cm³/mol. The molecule has 2 N–H and O–H groups in total. The number of aromatic carboxylic acids is 2. The van der Waals surface area contributed by atoms with Crippen LogP contribution in [-0.4, -0.2) is 22.2 Å². The molecule has 0 aliphatic rings. The standard InChI is InChI=1S/C12H14O4/c1-2-3-4-8-5-6-9(11(13)14)10(7-8)12(15)16/h5-7H,2-4H2,1H3,(H,13,14)(H,15,16). The molecule has 0 unspecified atom stereocenters. The molecule has 16 heavy (non-hydrogen) atoms. The predicted octanol–water partition coefficient (Wildman–Crippen LogP) is 2.43. The summed E-state index contributed by atoms with van der Waals surface area (Å²) in [7, 11) is 0. The van der Waals surface area contributed by atoms with E-state index in [4.69, 9.17) is 10.2 Å². The minimum atomic E-state index is -1.21. The molecule has 0 aliphatic carbocycles. The fourth-order valence-corrected chi connectivity index (χ4v) is 1.49. The number of benzene rings is 1. The summed E-state index contributed by atoms with van der Waals surface area (Å²) >= 11 is 0. The van der Waals surface area contributed by atoms with Crippen molar-refractivity contribution in [1.29, 1.82) is 0 Å². The van der Waals surface area contributed by atoms with Gasteiger partial charge in [0.05, 0.1) is 11.1 Å². The van der Waals surface area contributed by atoms with Gasteiger partial charge in [0.15, 0.2) is 0 Å². The second kappa shape index (κ2) is 5.30. The SMILES string of the molecule is CCCCc1ccc(C(=O)O)c(C(=O)O)c1. The molecule has 86 valence electrons. The second-order valence-electron chi connectivity index (χ2n) is 3.59. The molecule has 1 aromatic carbocycles. The topological polar surface area (TPSA) is 74.6 Å². The van der Waals surface area contributed by atoms with Gasteiger partial charge in [0.25, 0.3) is 0 Å². The average Bonchev–Trinajstić information content (AvgIpc) is 2.25. The zero-order valence-electron chi connectivity index (χ0n) is 9.06. The summed E-state index contributed by atoms with van der Waals surface area (Å²) in [6.07, 6.45) is 2.76. The van der Waals surface area contributed by atoms with E-state index in [0.29, 0.717) is 0 Å². The summed E-state index contributed by atoms with van der Waals surface area (Å²) in [5.74, 6) is -2.41. The van der Waals surface area contributed by atoms with Crippen molar-refractivity contribution in [1.82, 2.24) is 0 Å². The Bertz CT molecular complexity index is 409. The lowest BCUT2D eigenvalue weighted by Crippen LogP contribution is -2.08. The van der Waals surface area contributed by atoms with E-state index in [-0.39, 0.29) is 11.1 Å². The number of carbonyl (C=O) groups is 2. The van der Waals surface area contributed by atoms with Gasteiger partial charge in [0.2, 0.25) is 0 Å². The maximum atomic E-state index is 10.9. The number of rotatable bonds is 5. The summed E-state index contributed by atoms with van der Waals surface area (Å²) in [4.78, 5) is 21.7. The third kappa shape index (κ3) is 2.82. The van der Waals surface area contributed by atoms with Crippen LogP contribution in [-0.2, 0) is 6.42 Å². The van der Waals surface area contributed by atoms with Crippen molar-refractivity contribution >= 4 is 11.9 Å². The Balaban J connectivity index is 3.07. The van der Waals surface area contributed by atoms with Gasteiger partial charge in [-0.1, -0.05) is 19.4 Å².